The van der Waals surface area contributed by atoms with Crippen LogP contribution in [0.4, 0.5) is 17.2 Å². The van der Waals surface area contributed by atoms with Crippen LogP contribution in [-0.4, -0.2) is 67.2 Å². The van der Waals surface area contributed by atoms with Crippen molar-refractivity contribution in [2.45, 2.75) is 13.5 Å². The molecule has 0 bridgehead atoms. The first-order valence-electron chi connectivity index (χ1n) is 10.3. The van der Waals surface area contributed by atoms with Crippen LogP contribution in [0.15, 0.2) is 36.5 Å². The third kappa shape index (κ3) is 4.44. The van der Waals surface area contributed by atoms with Crippen molar-refractivity contribution in [3.63, 3.8) is 0 Å². The van der Waals surface area contributed by atoms with Crippen LogP contribution in [0.3, 0.4) is 0 Å². The molecule has 3 heterocycles. The third-order valence-corrected chi connectivity index (χ3v) is 5.47. The van der Waals surface area contributed by atoms with E-state index in [1.54, 1.807) is 0 Å². The van der Waals surface area contributed by atoms with Gasteiger partial charge in [-0.15, -0.1) is 0 Å². The number of pyridine rings is 1. The molecule has 1 aliphatic heterocycles. The highest BCUT2D eigenvalue weighted by molar-refractivity contribution is 5.94. The van der Waals surface area contributed by atoms with Gasteiger partial charge in [-0.1, -0.05) is 6.07 Å². The number of fused-ring (bicyclic) bond motifs is 1. The molecule has 1 saturated heterocycles. The number of anilines is 3. The standard InChI is InChI=1S/C22H30N8/c1-16-25-19(14-21(26-16)30-10-8-28(3)9-11-30)15-29(4)20-13-18(27-23-2)12-17-6-5-7-24-22(17)20/h5-7,12-14,23,27H,8-11,15H2,1-4H3. The summed E-state index contributed by atoms with van der Waals surface area (Å²) < 4.78 is 0. The maximum atomic E-state index is 4.71. The predicted octanol–water partition coefficient (Wildman–Crippen LogP) is 2.27. The first kappa shape index (κ1) is 20.3. The van der Waals surface area contributed by atoms with E-state index in [0.29, 0.717) is 6.54 Å². The molecular weight excluding hydrogens is 376 g/mol. The summed E-state index contributed by atoms with van der Waals surface area (Å²) >= 11 is 0. The van der Waals surface area contributed by atoms with E-state index in [2.05, 4.69) is 68.9 Å². The summed E-state index contributed by atoms with van der Waals surface area (Å²) in [4.78, 5) is 20.9. The summed E-state index contributed by atoms with van der Waals surface area (Å²) in [5.41, 5.74) is 10.2. The van der Waals surface area contributed by atoms with Crippen LogP contribution < -0.4 is 20.7 Å². The Morgan fingerprint density at radius 1 is 1.10 bits per heavy atom. The Morgan fingerprint density at radius 3 is 2.67 bits per heavy atom. The van der Waals surface area contributed by atoms with Crippen LogP contribution in [-0.2, 0) is 6.54 Å². The fourth-order valence-electron chi connectivity index (χ4n) is 3.90. The fraction of sp³-hybridized carbons (Fsp3) is 0.409. The van der Waals surface area contributed by atoms with Crippen LogP contribution in [0.5, 0.6) is 0 Å². The van der Waals surface area contributed by atoms with Gasteiger partial charge in [-0.3, -0.25) is 4.98 Å². The number of hydrazine groups is 1. The number of rotatable bonds is 6. The van der Waals surface area contributed by atoms with Crippen LogP contribution in [0, 0.1) is 6.92 Å². The van der Waals surface area contributed by atoms with Gasteiger partial charge in [0.25, 0.3) is 0 Å². The average Bonchev–Trinajstić information content (AvgIpc) is 2.73. The van der Waals surface area contributed by atoms with Crippen molar-refractivity contribution in [1.82, 2.24) is 25.3 Å². The Labute approximate surface area is 177 Å². The maximum Gasteiger partial charge on any atom is 0.132 e. The monoisotopic (exact) mass is 406 g/mol. The van der Waals surface area contributed by atoms with Gasteiger partial charge in [0.2, 0.25) is 0 Å². The van der Waals surface area contributed by atoms with E-state index in [4.69, 9.17) is 9.97 Å². The summed E-state index contributed by atoms with van der Waals surface area (Å²) in [6.45, 7) is 6.75. The number of benzene rings is 1. The van der Waals surface area contributed by atoms with Crippen LogP contribution in [0.25, 0.3) is 10.9 Å². The lowest BCUT2D eigenvalue weighted by Crippen LogP contribution is -2.45. The second-order valence-electron chi connectivity index (χ2n) is 7.86. The molecule has 0 aliphatic carbocycles. The molecule has 4 rings (SSSR count). The minimum atomic E-state index is 0.679. The van der Waals surface area contributed by atoms with Crippen LogP contribution in [0.2, 0.25) is 0 Å². The summed E-state index contributed by atoms with van der Waals surface area (Å²) in [6.07, 6.45) is 1.84. The fourth-order valence-corrected chi connectivity index (χ4v) is 3.90. The topological polar surface area (TPSA) is 72.5 Å². The third-order valence-electron chi connectivity index (χ3n) is 5.47. The number of aryl methyl sites for hydroxylation is 1. The first-order chi connectivity index (χ1) is 14.5. The normalized spacial score (nSPS) is 14.9. The molecule has 3 aromatic rings. The average molecular weight is 407 g/mol. The van der Waals surface area contributed by atoms with E-state index < -0.39 is 0 Å². The molecular formula is C22H30N8. The molecule has 0 unspecified atom stereocenters. The Morgan fingerprint density at radius 2 is 1.90 bits per heavy atom. The number of likely N-dealkylation sites (N-methyl/N-ethyl adjacent to an activating group) is 1. The molecule has 0 saturated carbocycles. The minimum Gasteiger partial charge on any atom is -0.367 e. The van der Waals surface area contributed by atoms with Gasteiger partial charge in [0.1, 0.15) is 11.6 Å². The van der Waals surface area contributed by atoms with Gasteiger partial charge in [0, 0.05) is 57.9 Å². The molecule has 2 aromatic heterocycles. The van der Waals surface area contributed by atoms with Gasteiger partial charge >= 0.3 is 0 Å². The molecule has 1 fully saturated rings. The van der Waals surface area contributed by atoms with Crippen molar-refractivity contribution in [3.05, 3.63) is 48.0 Å². The SMILES string of the molecule is CNNc1cc(N(C)Cc2cc(N3CCN(C)CC3)nc(C)n2)c2ncccc2c1. The van der Waals surface area contributed by atoms with Crippen LogP contribution >= 0.6 is 0 Å². The Balaban J connectivity index is 1.62. The predicted molar refractivity (Wildman–Crippen MR) is 123 cm³/mol. The highest BCUT2D eigenvalue weighted by atomic mass is 15.3. The lowest BCUT2D eigenvalue weighted by atomic mass is 10.1. The zero-order valence-corrected chi connectivity index (χ0v) is 18.2. The summed E-state index contributed by atoms with van der Waals surface area (Å²) in [6, 6.07) is 10.4. The van der Waals surface area contributed by atoms with E-state index in [-0.39, 0.29) is 0 Å². The molecule has 8 heteroatoms. The van der Waals surface area contributed by atoms with Crippen molar-refractivity contribution in [2.75, 3.05) is 62.5 Å². The molecule has 1 aliphatic rings. The molecule has 8 nitrogen and oxygen atoms in total. The number of nitrogens with zero attached hydrogens (tertiary/aromatic N) is 6. The van der Waals surface area contributed by atoms with Crippen LogP contribution in [0.1, 0.15) is 11.5 Å². The van der Waals surface area contributed by atoms with Gasteiger partial charge in [0.05, 0.1) is 29.1 Å². The molecule has 0 radical (unpaired) electrons. The zero-order valence-electron chi connectivity index (χ0n) is 18.2. The van der Waals surface area contributed by atoms with Gasteiger partial charge < -0.3 is 20.1 Å². The van der Waals surface area contributed by atoms with Crippen molar-refractivity contribution in [1.29, 1.82) is 0 Å². The highest BCUT2D eigenvalue weighted by Gasteiger charge is 2.17. The smallest absolute Gasteiger partial charge is 0.132 e. The molecule has 1 aromatic carbocycles. The van der Waals surface area contributed by atoms with Crippen molar-refractivity contribution >= 4 is 28.1 Å². The van der Waals surface area contributed by atoms with E-state index in [1.807, 2.05) is 26.2 Å². The maximum absolute atomic E-state index is 4.71. The van der Waals surface area contributed by atoms with E-state index in [9.17, 15) is 0 Å². The number of hydrogen-bond acceptors (Lipinski definition) is 8. The Bertz CT molecular complexity index is 1010. The van der Waals surface area contributed by atoms with E-state index >= 15 is 0 Å². The lowest BCUT2D eigenvalue weighted by molar-refractivity contribution is 0.312. The van der Waals surface area contributed by atoms with E-state index in [0.717, 1.165) is 65.8 Å². The number of aromatic nitrogens is 3. The Hall–Kier alpha value is -2.97. The molecule has 158 valence electrons. The highest BCUT2D eigenvalue weighted by Crippen LogP contribution is 2.29. The summed E-state index contributed by atoms with van der Waals surface area (Å²) in [7, 11) is 6.11. The molecule has 0 atom stereocenters. The molecule has 30 heavy (non-hydrogen) atoms. The quantitative estimate of drug-likeness (QED) is 0.604. The first-order valence-corrected chi connectivity index (χ1v) is 10.3. The second kappa shape index (κ2) is 8.81. The number of hydrogen-bond donors (Lipinski definition) is 2. The van der Waals surface area contributed by atoms with Crippen molar-refractivity contribution < 1.29 is 0 Å². The molecule has 0 spiro atoms. The van der Waals surface area contributed by atoms with Gasteiger partial charge in [0.15, 0.2) is 0 Å². The van der Waals surface area contributed by atoms with Gasteiger partial charge in [-0.2, -0.15) is 0 Å². The number of nitrogens with one attached hydrogen (secondary N) is 2. The summed E-state index contributed by atoms with van der Waals surface area (Å²) in [5.74, 6) is 1.83. The largest absolute Gasteiger partial charge is 0.367 e. The minimum absolute atomic E-state index is 0.679. The zero-order chi connectivity index (χ0) is 21.1. The van der Waals surface area contributed by atoms with Crippen molar-refractivity contribution in [2.24, 2.45) is 0 Å². The van der Waals surface area contributed by atoms with Gasteiger partial charge in [-0.05, 0) is 32.2 Å². The second-order valence-corrected chi connectivity index (χ2v) is 7.86. The Kier molecular flexibility index (Phi) is 5.96. The number of piperazine rings is 1. The lowest BCUT2D eigenvalue weighted by Gasteiger charge is -2.33. The van der Waals surface area contributed by atoms with Gasteiger partial charge in [-0.25, -0.2) is 15.4 Å². The van der Waals surface area contributed by atoms with Crippen molar-refractivity contribution in [3.8, 4) is 0 Å². The summed E-state index contributed by atoms with van der Waals surface area (Å²) in [5, 5.41) is 1.09. The molecule has 0 amide bonds. The molecule has 2 N–H and O–H groups in total. The van der Waals surface area contributed by atoms with E-state index in [1.165, 1.54) is 0 Å².